The molecule has 27 heavy (non-hydrogen) atoms. The molecule has 2 heterocycles. The Morgan fingerprint density at radius 3 is 2.30 bits per heavy atom. The highest BCUT2D eigenvalue weighted by atomic mass is 16.5. The number of allylic oxidation sites excluding steroid dienone is 1. The van der Waals surface area contributed by atoms with Gasteiger partial charge in [-0.2, -0.15) is 5.26 Å². The van der Waals surface area contributed by atoms with Crippen molar-refractivity contribution in [2.24, 2.45) is 5.73 Å². The summed E-state index contributed by atoms with van der Waals surface area (Å²) in [4.78, 5) is 15.4. The molecular formula is C19H19N3O5. The molecule has 1 aliphatic heterocycles. The molecule has 0 radical (unpaired) electrons. The molecule has 140 valence electrons. The number of aromatic amines is 1. The Morgan fingerprint density at radius 2 is 1.78 bits per heavy atom. The third-order valence-corrected chi connectivity index (χ3v) is 4.37. The number of nitrogens with two attached hydrogens (primary N) is 1. The fourth-order valence-corrected chi connectivity index (χ4v) is 3.21. The first-order chi connectivity index (χ1) is 12.9. The lowest BCUT2D eigenvalue weighted by molar-refractivity contribution is 0.323. The van der Waals surface area contributed by atoms with Gasteiger partial charge in [0.1, 0.15) is 17.4 Å². The molecule has 0 aliphatic carbocycles. The van der Waals surface area contributed by atoms with Crippen LogP contribution in [0.4, 0.5) is 0 Å². The van der Waals surface area contributed by atoms with Gasteiger partial charge in [-0.05, 0) is 24.6 Å². The van der Waals surface area contributed by atoms with Crippen LogP contribution in [0.5, 0.6) is 23.0 Å². The lowest BCUT2D eigenvalue weighted by Crippen LogP contribution is -2.28. The average Bonchev–Trinajstić information content (AvgIpc) is 2.65. The summed E-state index contributed by atoms with van der Waals surface area (Å²) in [5.74, 6) is 0.736. The highest BCUT2D eigenvalue weighted by Gasteiger charge is 2.34. The summed E-state index contributed by atoms with van der Waals surface area (Å²) in [6, 6.07) is 7.09. The van der Waals surface area contributed by atoms with Gasteiger partial charge in [0.2, 0.25) is 11.6 Å². The summed E-state index contributed by atoms with van der Waals surface area (Å²) in [5.41, 5.74) is 7.24. The molecule has 1 aliphatic rings. The first-order valence-electron chi connectivity index (χ1n) is 8.06. The highest BCUT2D eigenvalue weighted by Crippen LogP contribution is 2.45. The van der Waals surface area contributed by atoms with E-state index in [2.05, 4.69) is 11.1 Å². The van der Waals surface area contributed by atoms with Crippen LogP contribution in [0, 0.1) is 18.3 Å². The third kappa shape index (κ3) is 2.93. The van der Waals surface area contributed by atoms with E-state index in [4.69, 9.17) is 24.7 Å². The van der Waals surface area contributed by atoms with Gasteiger partial charge >= 0.3 is 0 Å². The maximum Gasteiger partial charge on any atom is 0.256 e. The molecule has 0 bridgehead atoms. The maximum absolute atomic E-state index is 12.7. The molecule has 1 aromatic heterocycles. The maximum atomic E-state index is 12.7. The zero-order chi connectivity index (χ0) is 19.7. The number of hydrogen-bond donors (Lipinski definition) is 2. The van der Waals surface area contributed by atoms with E-state index in [-0.39, 0.29) is 17.0 Å². The Hall–Kier alpha value is -3.60. The van der Waals surface area contributed by atoms with Crippen LogP contribution in [-0.4, -0.2) is 26.3 Å². The topological polar surface area (TPSA) is 120 Å². The number of nitrogens with zero attached hydrogens (tertiary/aromatic N) is 1. The minimum Gasteiger partial charge on any atom is -0.493 e. The van der Waals surface area contributed by atoms with Crippen LogP contribution < -0.4 is 30.2 Å². The van der Waals surface area contributed by atoms with E-state index in [1.54, 1.807) is 25.1 Å². The fourth-order valence-electron chi connectivity index (χ4n) is 3.21. The number of benzene rings is 1. The molecule has 0 fully saturated rings. The van der Waals surface area contributed by atoms with Gasteiger partial charge in [-0.3, -0.25) is 4.79 Å². The molecule has 2 aromatic rings. The Kier molecular flexibility index (Phi) is 4.69. The largest absolute Gasteiger partial charge is 0.493 e. The monoisotopic (exact) mass is 369 g/mol. The lowest BCUT2D eigenvalue weighted by Gasteiger charge is -2.26. The van der Waals surface area contributed by atoms with E-state index < -0.39 is 5.92 Å². The second-order valence-electron chi connectivity index (χ2n) is 5.94. The minimum absolute atomic E-state index is 0.0475. The van der Waals surface area contributed by atoms with E-state index in [1.165, 1.54) is 21.3 Å². The number of nitriles is 1. The Bertz CT molecular complexity index is 1010. The van der Waals surface area contributed by atoms with E-state index in [0.29, 0.717) is 39.8 Å². The number of ether oxygens (including phenoxy) is 4. The van der Waals surface area contributed by atoms with E-state index in [9.17, 15) is 10.1 Å². The number of H-pyrrole nitrogens is 1. The Labute approximate surface area is 155 Å². The lowest BCUT2D eigenvalue weighted by atomic mass is 9.84. The average molecular weight is 369 g/mol. The molecule has 1 atom stereocenters. The number of aryl methyl sites for hydroxylation is 1. The van der Waals surface area contributed by atoms with Crippen LogP contribution in [0.3, 0.4) is 0 Å². The van der Waals surface area contributed by atoms with Crippen LogP contribution in [0.15, 0.2) is 34.4 Å². The molecule has 0 amide bonds. The number of nitrogens with one attached hydrogen (secondary N) is 1. The highest BCUT2D eigenvalue weighted by molar-refractivity contribution is 5.61. The second kappa shape index (κ2) is 6.96. The number of hydrogen-bond acceptors (Lipinski definition) is 7. The second-order valence-corrected chi connectivity index (χ2v) is 5.94. The molecule has 3 rings (SSSR count). The van der Waals surface area contributed by atoms with Crippen molar-refractivity contribution in [1.29, 1.82) is 5.26 Å². The van der Waals surface area contributed by atoms with Crippen LogP contribution in [0.2, 0.25) is 0 Å². The summed E-state index contributed by atoms with van der Waals surface area (Å²) in [6.07, 6.45) is 0. The van der Waals surface area contributed by atoms with Crippen molar-refractivity contribution in [3.63, 3.8) is 0 Å². The molecule has 0 spiro atoms. The van der Waals surface area contributed by atoms with Gasteiger partial charge in [0.05, 0.1) is 32.8 Å². The van der Waals surface area contributed by atoms with Crippen LogP contribution in [0.25, 0.3) is 0 Å². The first kappa shape index (κ1) is 18.2. The van der Waals surface area contributed by atoms with Crippen molar-refractivity contribution < 1.29 is 18.9 Å². The van der Waals surface area contributed by atoms with Gasteiger partial charge in [-0.1, -0.05) is 0 Å². The van der Waals surface area contributed by atoms with Crippen molar-refractivity contribution in [1.82, 2.24) is 4.98 Å². The quantitative estimate of drug-likeness (QED) is 0.845. The summed E-state index contributed by atoms with van der Waals surface area (Å²) in [6.45, 7) is 1.74. The Morgan fingerprint density at radius 1 is 1.15 bits per heavy atom. The normalized spacial score (nSPS) is 15.4. The number of rotatable bonds is 4. The van der Waals surface area contributed by atoms with Crippen molar-refractivity contribution >= 4 is 0 Å². The van der Waals surface area contributed by atoms with Gasteiger partial charge < -0.3 is 29.7 Å². The smallest absolute Gasteiger partial charge is 0.256 e. The van der Waals surface area contributed by atoms with Gasteiger partial charge in [0, 0.05) is 11.8 Å². The summed E-state index contributed by atoms with van der Waals surface area (Å²) < 4.78 is 21.7. The van der Waals surface area contributed by atoms with Gasteiger partial charge in [-0.15, -0.1) is 0 Å². The number of aromatic nitrogens is 1. The molecule has 0 unspecified atom stereocenters. The van der Waals surface area contributed by atoms with Crippen LogP contribution >= 0.6 is 0 Å². The molecular weight excluding hydrogens is 350 g/mol. The van der Waals surface area contributed by atoms with Gasteiger partial charge in [0.25, 0.3) is 5.56 Å². The van der Waals surface area contributed by atoms with Crippen LogP contribution in [0.1, 0.15) is 22.7 Å². The van der Waals surface area contributed by atoms with Gasteiger partial charge in [0.15, 0.2) is 11.5 Å². The number of methoxy groups -OCH3 is 3. The zero-order valence-corrected chi connectivity index (χ0v) is 15.4. The van der Waals surface area contributed by atoms with Crippen molar-refractivity contribution in [3.05, 3.63) is 56.8 Å². The van der Waals surface area contributed by atoms with Gasteiger partial charge in [-0.25, -0.2) is 0 Å². The molecule has 1 aromatic carbocycles. The standard InChI is InChI=1S/C19H19N3O5/c1-9-5-12-16(19(23)22-9)15(11(8-20)18(21)27-12)10-6-13(24-2)17(26-4)14(7-10)25-3/h5-7,15H,21H2,1-4H3,(H,22,23)/t15-/m0/s1. The molecule has 0 saturated carbocycles. The van der Waals surface area contributed by atoms with Crippen molar-refractivity contribution in [2.75, 3.05) is 21.3 Å². The fraction of sp³-hybridized carbons (Fsp3) is 0.263. The predicted octanol–water partition coefficient (Wildman–Crippen LogP) is 1.93. The molecule has 8 heteroatoms. The first-order valence-corrected chi connectivity index (χ1v) is 8.06. The minimum atomic E-state index is -0.739. The molecule has 3 N–H and O–H groups in total. The van der Waals surface area contributed by atoms with E-state index in [1.807, 2.05) is 0 Å². The summed E-state index contributed by atoms with van der Waals surface area (Å²) in [5, 5.41) is 9.65. The number of pyridine rings is 1. The predicted molar refractivity (Wildman–Crippen MR) is 97.2 cm³/mol. The summed E-state index contributed by atoms with van der Waals surface area (Å²) in [7, 11) is 4.48. The molecule has 8 nitrogen and oxygen atoms in total. The molecule has 0 saturated heterocycles. The van der Waals surface area contributed by atoms with Crippen LogP contribution in [-0.2, 0) is 0 Å². The zero-order valence-electron chi connectivity index (χ0n) is 15.4. The van der Waals surface area contributed by atoms with E-state index >= 15 is 0 Å². The Balaban J connectivity index is 2.34. The van der Waals surface area contributed by atoms with Crippen molar-refractivity contribution in [3.8, 4) is 29.1 Å². The third-order valence-electron chi connectivity index (χ3n) is 4.37. The van der Waals surface area contributed by atoms with Crippen molar-refractivity contribution in [2.45, 2.75) is 12.8 Å². The SMILES string of the molecule is COc1cc([C@H]2C(C#N)=C(N)Oc3cc(C)[nH]c(=O)c32)cc(OC)c1OC. The van der Waals surface area contributed by atoms with E-state index in [0.717, 1.165) is 0 Å². The number of fused-ring (bicyclic) bond motifs is 1. The summed E-state index contributed by atoms with van der Waals surface area (Å²) >= 11 is 0.